The molecule has 28 heavy (non-hydrogen) atoms. The van der Waals surface area contributed by atoms with Crippen molar-refractivity contribution < 1.29 is 14.0 Å². The van der Waals surface area contributed by atoms with E-state index in [1.54, 1.807) is 42.5 Å². The van der Waals surface area contributed by atoms with Gasteiger partial charge in [0.1, 0.15) is 5.82 Å². The number of H-pyrrole nitrogens is 1. The molecular weight excluding hydrogens is 381 g/mol. The summed E-state index contributed by atoms with van der Waals surface area (Å²) in [6.45, 7) is 2.36. The van der Waals surface area contributed by atoms with Crippen molar-refractivity contribution in [1.29, 1.82) is 0 Å². The Kier molecular flexibility index (Phi) is 6.38. The summed E-state index contributed by atoms with van der Waals surface area (Å²) in [4.78, 5) is 28.2. The molecule has 0 aliphatic carbocycles. The molecule has 3 rings (SSSR count). The Hall–Kier alpha value is -3.20. The summed E-state index contributed by atoms with van der Waals surface area (Å²) in [5.74, 6) is -0.500. The molecule has 0 aliphatic rings. The van der Waals surface area contributed by atoms with E-state index in [0.717, 1.165) is 11.8 Å². The molecule has 144 valence electrons. The highest BCUT2D eigenvalue weighted by Crippen LogP contribution is 2.21. The van der Waals surface area contributed by atoms with Gasteiger partial charge in [0.05, 0.1) is 11.3 Å². The second-order valence-electron chi connectivity index (χ2n) is 5.72. The largest absolute Gasteiger partial charge is 0.352 e. The number of rotatable bonds is 7. The van der Waals surface area contributed by atoms with Crippen molar-refractivity contribution in [1.82, 2.24) is 20.5 Å². The van der Waals surface area contributed by atoms with Gasteiger partial charge in [-0.15, -0.1) is 5.10 Å². The molecular formula is C19H18FN5O2S. The van der Waals surface area contributed by atoms with Gasteiger partial charge in [-0.25, -0.2) is 9.37 Å². The molecule has 0 aliphatic heterocycles. The topological polar surface area (TPSA) is 99.8 Å². The highest BCUT2D eigenvalue weighted by Gasteiger charge is 2.12. The van der Waals surface area contributed by atoms with Gasteiger partial charge in [0.25, 0.3) is 5.91 Å². The van der Waals surface area contributed by atoms with Crippen molar-refractivity contribution >= 4 is 29.3 Å². The Balaban J connectivity index is 1.57. The maximum atomic E-state index is 13.8. The summed E-state index contributed by atoms with van der Waals surface area (Å²) in [7, 11) is 0. The Morgan fingerprint density at radius 2 is 2.00 bits per heavy atom. The first-order valence-corrected chi connectivity index (χ1v) is 9.53. The number of hydrogen-bond acceptors (Lipinski definition) is 5. The van der Waals surface area contributed by atoms with Crippen LogP contribution in [0.4, 0.5) is 10.1 Å². The van der Waals surface area contributed by atoms with Crippen molar-refractivity contribution in [3.63, 3.8) is 0 Å². The second kappa shape index (κ2) is 9.14. The highest BCUT2D eigenvalue weighted by atomic mass is 32.2. The Bertz CT molecular complexity index is 992. The van der Waals surface area contributed by atoms with Crippen LogP contribution in [0.5, 0.6) is 0 Å². The van der Waals surface area contributed by atoms with Crippen molar-refractivity contribution in [2.24, 2.45) is 0 Å². The van der Waals surface area contributed by atoms with Crippen molar-refractivity contribution in [3.8, 4) is 11.4 Å². The summed E-state index contributed by atoms with van der Waals surface area (Å²) in [6.07, 6.45) is 0. The molecule has 1 heterocycles. The minimum absolute atomic E-state index is 0.0694. The fourth-order valence-corrected chi connectivity index (χ4v) is 3.01. The second-order valence-corrected chi connectivity index (χ2v) is 6.67. The van der Waals surface area contributed by atoms with Crippen LogP contribution in [0.1, 0.15) is 17.3 Å². The summed E-state index contributed by atoms with van der Waals surface area (Å²) in [6, 6.07) is 12.9. The van der Waals surface area contributed by atoms with Gasteiger partial charge in [-0.1, -0.05) is 30.0 Å². The lowest BCUT2D eigenvalue weighted by atomic mass is 10.2. The quantitative estimate of drug-likeness (QED) is 0.530. The van der Waals surface area contributed by atoms with Gasteiger partial charge in [-0.3, -0.25) is 14.7 Å². The summed E-state index contributed by atoms with van der Waals surface area (Å²) >= 11 is 1.12. The maximum absolute atomic E-state index is 13.8. The standard InChI is InChI=1S/C19H18FN5O2S/c1-2-21-18(27)12-6-5-7-13(10-12)22-16(26)11-28-19-23-17(24-25-19)14-8-3-4-9-15(14)20/h3-10H,2,11H2,1H3,(H,21,27)(H,22,26)(H,23,24,25). The number of carbonyl (C=O) groups excluding carboxylic acids is 2. The Labute approximate surface area is 165 Å². The first kappa shape index (κ1) is 19.6. The third-order valence-corrected chi connectivity index (χ3v) is 4.52. The molecule has 3 aromatic rings. The number of aromatic amines is 1. The fraction of sp³-hybridized carbons (Fsp3) is 0.158. The third-order valence-electron chi connectivity index (χ3n) is 3.67. The Morgan fingerprint density at radius 1 is 1.18 bits per heavy atom. The number of benzene rings is 2. The van der Waals surface area contributed by atoms with Gasteiger partial charge < -0.3 is 10.6 Å². The zero-order chi connectivity index (χ0) is 19.9. The molecule has 0 spiro atoms. The molecule has 1 aromatic heterocycles. The van der Waals surface area contributed by atoms with Crippen molar-refractivity contribution in [2.75, 3.05) is 17.6 Å². The number of carbonyl (C=O) groups is 2. The van der Waals surface area contributed by atoms with Crippen LogP contribution in [-0.2, 0) is 4.79 Å². The summed E-state index contributed by atoms with van der Waals surface area (Å²) in [5.41, 5.74) is 1.31. The highest BCUT2D eigenvalue weighted by molar-refractivity contribution is 7.99. The van der Waals surface area contributed by atoms with E-state index in [1.807, 2.05) is 6.92 Å². The number of halogens is 1. The minimum atomic E-state index is -0.403. The van der Waals surface area contributed by atoms with Crippen molar-refractivity contribution in [2.45, 2.75) is 12.1 Å². The van der Waals surface area contributed by atoms with Gasteiger partial charge in [0.15, 0.2) is 5.82 Å². The van der Waals surface area contributed by atoms with E-state index in [-0.39, 0.29) is 17.6 Å². The average Bonchev–Trinajstić information content (AvgIpc) is 3.16. The average molecular weight is 399 g/mol. The van der Waals surface area contributed by atoms with E-state index >= 15 is 0 Å². The van der Waals surface area contributed by atoms with Gasteiger partial charge in [0, 0.05) is 17.8 Å². The van der Waals surface area contributed by atoms with Crippen LogP contribution in [0, 0.1) is 5.82 Å². The van der Waals surface area contributed by atoms with E-state index in [1.165, 1.54) is 6.07 Å². The van der Waals surface area contributed by atoms with E-state index in [0.29, 0.717) is 34.3 Å². The molecule has 7 nitrogen and oxygen atoms in total. The lowest BCUT2D eigenvalue weighted by Gasteiger charge is -2.07. The van der Waals surface area contributed by atoms with Crippen LogP contribution < -0.4 is 10.6 Å². The molecule has 0 unspecified atom stereocenters. The van der Waals surface area contributed by atoms with E-state index in [9.17, 15) is 14.0 Å². The normalized spacial score (nSPS) is 10.5. The molecule has 3 N–H and O–H groups in total. The number of amides is 2. The van der Waals surface area contributed by atoms with E-state index in [4.69, 9.17) is 0 Å². The molecule has 2 amide bonds. The minimum Gasteiger partial charge on any atom is -0.352 e. The molecule has 0 saturated carbocycles. The predicted molar refractivity (Wildman–Crippen MR) is 106 cm³/mol. The van der Waals surface area contributed by atoms with Crippen LogP contribution in [0.2, 0.25) is 0 Å². The number of aromatic nitrogens is 3. The third kappa shape index (κ3) is 4.95. The molecule has 9 heteroatoms. The van der Waals surface area contributed by atoms with Crippen LogP contribution in [-0.4, -0.2) is 39.3 Å². The summed E-state index contributed by atoms with van der Waals surface area (Å²) < 4.78 is 13.8. The monoisotopic (exact) mass is 399 g/mol. The molecule has 0 fully saturated rings. The first-order chi connectivity index (χ1) is 13.6. The predicted octanol–water partition coefficient (Wildman–Crippen LogP) is 3.09. The zero-order valence-electron chi connectivity index (χ0n) is 15.0. The number of nitrogens with zero attached hydrogens (tertiary/aromatic N) is 2. The smallest absolute Gasteiger partial charge is 0.251 e. The molecule has 2 aromatic carbocycles. The van der Waals surface area contributed by atoms with Crippen LogP contribution in [0.15, 0.2) is 53.7 Å². The van der Waals surface area contributed by atoms with Crippen molar-refractivity contribution in [3.05, 3.63) is 59.9 Å². The SMILES string of the molecule is CCNC(=O)c1cccc(NC(=O)CSc2n[nH]c(-c3ccccc3F)n2)c1. The molecule has 0 bridgehead atoms. The number of hydrogen-bond donors (Lipinski definition) is 3. The molecule has 0 radical (unpaired) electrons. The van der Waals surface area contributed by atoms with Gasteiger partial charge >= 0.3 is 0 Å². The first-order valence-electron chi connectivity index (χ1n) is 8.55. The van der Waals surface area contributed by atoms with E-state index in [2.05, 4.69) is 25.8 Å². The van der Waals surface area contributed by atoms with Crippen LogP contribution in [0.25, 0.3) is 11.4 Å². The molecule has 0 saturated heterocycles. The fourth-order valence-electron chi connectivity index (χ4n) is 2.41. The molecule has 0 atom stereocenters. The maximum Gasteiger partial charge on any atom is 0.251 e. The zero-order valence-corrected chi connectivity index (χ0v) is 15.8. The summed E-state index contributed by atoms with van der Waals surface area (Å²) in [5, 5.41) is 12.4. The van der Waals surface area contributed by atoms with Crippen LogP contribution in [0.3, 0.4) is 0 Å². The Morgan fingerprint density at radius 3 is 2.79 bits per heavy atom. The lowest BCUT2D eigenvalue weighted by Crippen LogP contribution is -2.23. The van der Waals surface area contributed by atoms with Gasteiger partial charge in [-0.05, 0) is 37.3 Å². The number of nitrogens with one attached hydrogen (secondary N) is 3. The van der Waals surface area contributed by atoms with Gasteiger partial charge in [0.2, 0.25) is 11.1 Å². The van der Waals surface area contributed by atoms with Crippen LogP contribution >= 0.6 is 11.8 Å². The van der Waals surface area contributed by atoms with E-state index < -0.39 is 5.82 Å². The van der Waals surface area contributed by atoms with Gasteiger partial charge in [-0.2, -0.15) is 0 Å². The number of thioether (sulfide) groups is 1. The lowest BCUT2D eigenvalue weighted by molar-refractivity contribution is -0.113. The number of anilines is 1.